The molecule has 160 valence electrons. The van der Waals surface area contributed by atoms with Gasteiger partial charge >= 0.3 is 0 Å². The van der Waals surface area contributed by atoms with E-state index in [1.165, 1.54) is 6.07 Å². The molecule has 1 N–H and O–H groups in total. The number of nitrogens with one attached hydrogen (secondary N) is 1. The quantitative estimate of drug-likeness (QED) is 0.754. The fourth-order valence-corrected chi connectivity index (χ4v) is 3.48. The largest absolute Gasteiger partial charge is 0.375 e. The van der Waals surface area contributed by atoms with Crippen LogP contribution in [-0.4, -0.2) is 57.2 Å². The number of aldehydes is 1. The summed E-state index contributed by atoms with van der Waals surface area (Å²) in [6.45, 7) is 9.99. The number of morpholine rings is 1. The molecular formula is C21H29FN2O5. The summed E-state index contributed by atoms with van der Waals surface area (Å²) in [4.78, 5) is 25.3. The van der Waals surface area contributed by atoms with Crippen molar-refractivity contribution < 1.29 is 28.2 Å². The van der Waals surface area contributed by atoms with Gasteiger partial charge in [-0.25, -0.2) is 4.39 Å². The number of halogens is 1. The third-order valence-electron chi connectivity index (χ3n) is 4.98. The van der Waals surface area contributed by atoms with Crippen molar-refractivity contribution in [2.24, 2.45) is 5.41 Å². The monoisotopic (exact) mass is 408 g/mol. The van der Waals surface area contributed by atoms with Gasteiger partial charge in [0, 0.05) is 29.6 Å². The molecule has 2 heterocycles. The van der Waals surface area contributed by atoms with Crippen molar-refractivity contribution in [1.29, 1.82) is 0 Å². The Kier molecular flexibility index (Phi) is 6.55. The predicted molar refractivity (Wildman–Crippen MR) is 105 cm³/mol. The van der Waals surface area contributed by atoms with E-state index in [1.54, 1.807) is 13.0 Å². The van der Waals surface area contributed by atoms with Crippen LogP contribution in [0.1, 0.15) is 49.9 Å². The van der Waals surface area contributed by atoms with Crippen LogP contribution in [0.3, 0.4) is 0 Å². The maximum absolute atomic E-state index is 15.3. The maximum Gasteiger partial charge on any atom is 0.251 e. The lowest BCUT2D eigenvalue weighted by Gasteiger charge is -2.38. The fraction of sp³-hybridized carbons (Fsp3) is 0.619. The number of carbonyl (C=O) groups is 2. The number of amides is 1. The number of rotatable bonds is 5. The van der Waals surface area contributed by atoms with Gasteiger partial charge in [0.15, 0.2) is 6.29 Å². The second-order valence-electron chi connectivity index (χ2n) is 8.54. The summed E-state index contributed by atoms with van der Waals surface area (Å²) in [5.41, 5.74) is 0.813. The average Bonchev–Trinajstić information content (AvgIpc) is 2.67. The van der Waals surface area contributed by atoms with Gasteiger partial charge in [-0.3, -0.25) is 4.79 Å². The van der Waals surface area contributed by atoms with E-state index in [0.717, 1.165) is 0 Å². The standard InChI is InChI=1S/C21H29FN2O5/c1-13(10-25)23-19(26)15-7-16(20-28-11-21(3,4)12-29-20)18(17(22)8-15)24-5-6-27-14(2)9-24/h7-8,10,13-14,20H,5-6,9,11-12H2,1-4H3,(H,23,26). The number of nitrogens with zero attached hydrogens (tertiary/aromatic N) is 1. The molecule has 1 amide bonds. The summed E-state index contributed by atoms with van der Waals surface area (Å²) >= 11 is 0. The number of hydrogen-bond acceptors (Lipinski definition) is 6. The smallest absolute Gasteiger partial charge is 0.251 e. The van der Waals surface area contributed by atoms with Crippen molar-refractivity contribution in [3.05, 3.63) is 29.1 Å². The first-order chi connectivity index (χ1) is 13.7. The van der Waals surface area contributed by atoms with Crippen LogP contribution >= 0.6 is 0 Å². The molecule has 29 heavy (non-hydrogen) atoms. The first-order valence-corrected chi connectivity index (χ1v) is 9.89. The van der Waals surface area contributed by atoms with Gasteiger partial charge in [0.2, 0.25) is 0 Å². The second-order valence-corrected chi connectivity index (χ2v) is 8.54. The van der Waals surface area contributed by atoms with Crippen molar-refractivity contribution in [1.82, 2.24) is 5.32 Å². The molecule has 0 saturated carbocycles. The van der Waals surface area contributed by atoms with Gasteiger partial charge in [-0.2, -0.15) is 0 Å². The molecule has 1 aromatic rings. The van der Waals surface area contributed by atoms with Gasteiger partial charge in [0.1, 0.15) is 12.1 Å². The molecule has 0 bridgehead atoms. The van der Waals surface area contributed by atoms with Gasteiger partial charge < -0.3 is 29.2 Å². The van der Waals surface area contributed by atoms with Crippen molar-refractivity contribution in [2.45, 2.75) is 46.1 Å². The first-order valence-electron chi connectivity index (χ1n) is 9.89. The van der Waals surface area contributed by atoms with Crippen LogP contribution in [0, 0.1) is 11.2 Å². The van der Waals surface area contributed by atoms with E-state index < -0.39 is 24.1 Å². The highest BCUT2D eigenvalue weighted by molar-refractivity contribution is 5.96. The molecule has 7 nitrogen and oxygen atoms in total. The van der Waals surface area contributed by atoms with Crippen LogP contribution in [0.25, 0.3) is 0 Å². The molecule has 0 spiro atoms. The summed E-state index contributed by atoms with van der Waals surface area (Å²) in [5, 5.41) is 2.53. The lowest BCUT2D eigenvalue weighted by atomic mass is 9.95. The highest BCUT2D eigenvalue weighted by Crippen LogP contribution is 2.38. The van der Waals surface area contributed by atoms with Crippen LogP contribution in [0.4, 0.5) is 10.1 Å². The van der Waals surface area contributed by atoms with Crippen molar-refractivity contribution >= 4 is 17.9 Å². The molecule has 2 fully saturated rings. The normalized spacial score (nSPS) is 23.5. The number of carbonyl (C=O) groups excluding carboxylic acids is 2. The topological polar surface area (TPSA) is 77.1 Å². The minimum Gasteiger partial charge on any atom is -0.375 e. The van der Waals surface area contributed by atoms with Gasteiger partial charge in [-0.15, -0.1) is 0 Å². The van der Waals surface area contributed by atoms with Crippen molar-refractivity contribution in [3.8, 4) is 0 Å². The third kappa shape index (κ3) is 5.12. The number of hydrogen-bond donors (Lipinski definition) is 1. The van der Waals surface area contributed by atoms with Crippen LogP contribution in [0.5, 0.6) is 0 Å². The second kappa shape index (κ2) is 8.77. The zero-order chi connectivity index (χ0) is 21.2. The van der Waals surface area contributed by atoms with Crippen molar-refractivity contribution in [2.75, 3.05) is 37.8 Å². The SMILES string of the molecule is CC(C=O)NC(=O)c1cc(F)c(N2CCOC(C)C2)c(C2OCC(C)(C)CO2)c1. The molecule has 1 aromatic carbocycles. The Hall–Kier alpha value is -2.03. The third-order valence-corrected chi connectivity index (χ3v) is 4.98. The summed E-state index contributed by atoms with van der Waals surface area (Å²) in [6.07, 6.45) is -0.199. The van der Waals surface area contributed by atoms with E-state index in [4.69, 9.17) is 14.2 Å². The number of anilines is 1. The van der Waals surface area contributed by atoms with Gasteiger partial charge in [0.25, 0.3) is 5.91 Å². The van der Waals surface area contributed by atoms with Gasteiger partial charge in [0.05, 0.1) is 37.7 Å². The Morgan fingerprint density at radius 1 is 1.31 bits per heavy atom. The van der Waals surface area contributed by atoms with Gasteiger partial charge in [-0.1, -0.05) is 13.8 Å². The fourth-order valence-electron chi connectivity index (χ4n) is 3.48. The summed E-state index contributed by atoms with van der Waals surface area (Å²) in [6, 6.07) is 2.12. The molecule has 0 aliphatic carbocycles. The summed E-state index contributed by atoms with van der Waals surface area (Å²) in [7, 11) is 0. The highest BCUT2D eigenvalue weighted by atomic mass is 19.1. The van der Waals surface area contributed by atoms with E-state index in [1.807, 2.05) is 25.7 Å². The van der Waals surface area contributed by atoms with E-state index in [-0.39, 0.29) is 17.1 Å². The van der Waals surface area contributed by atoms with Crippen LogP contribution in [-0.2, 0) is 19.0 Å². The predicted octanol–water partition coefficient (Wildman–Crippen LogP) is 2.44. The number of benzene rings is 1. The Labute approximate surface area is 170 Å². The Balaban J connectivity index is 1.98. The van der Waals surface area contributed by atoms with Crippen LogP contribution in [0.2, 0.25) is 0 Å². The molecule has 0 aromatic heterocycles. The van der Waals surface area contributed by atoms with Gasteiger partial charge in [-0.05, 0) is 26.0 Å². The molecule has 8 heteroatoms. The Morgan fingerprint density at radius 3 is 2.62 bits per heavy atom. The highest BCUT2D eigenvalue weighted by Gasteiger charge is 2.34. The lowest BCUT2D eigenvalue weighted by Crippen LogP contribution is -2.43. The van der Waals surface area contributed by atoms with E-state index in [0.29, 0.717) is 50.4 Å². The average molecular weight is 408 g/mol. The minimum atomic E-state index is -0.776. The Morgan fingerprint density at radius 2 is 2.00 bits per heavy atom. The molecule has 0 radical (unpaired) electrons. The molecule has 2 aliphatic heterocycles. The first kappa shape index (κ1) is 21.7. The minimum absolute atomic E-state index is 0.0421. The molecule has 2 aliphatic rings. The van der Waals surface area contributed by atoms with Crippen LogP contribution in [0.15, 0.2) is 12.1 Å². The molecule has 2 atom stereocenters. The van der Waals surface area contributed by atoms with Crippen molar-refractivity contribution in [3.63, 3.8) is 0 Å². The lowest BCUT2D eigenvalue weighted by molar-refractivity contribution is -0.226. The number of ether oxygens (including phenoxy) is 3. The summed E-state index contributed by atoms with van der Waals surface area (Å²) in [5.74, 6) is -1.06. The maximum atomic E-state index is 15.3. The summed E-state index contributed by atoms with van der Waals surface area (Å²) < 4.78 is 32.6. The molecular weight excluding hydrogens is 379 g/mol. The molecule has 3 rings (SSSR count). The Bertz CT molecular complexity index is 760. The molecule has 2 saturated heterocycles. The zero-order valence-electron chi connectivity index (χ0n) is 17.4. The molecule has 2 unspecified atom stereocenters. The zero-order valence-corrected chi connectivity index (χ0v) is 17.4. The van der Waals surface area contributed by atoms with E-state index in [2.05, 4.69) is 5.32 Å². The van der Waals surface area contributed by atoms with Crippen LogP contribution < -0.4 is 10.2 Å². The van der Waals surface area contributed by atoms with E-state index >= 15 is 4.39 Å². The van der Waals surface area contributed by atoms with E-state index in [9.17, 15) is 9.59 Å².